The minimum atomic E-state index is 1.07. The largest absolute Gasteiger partial charge is 0.0757 e. The van der Waals surface area contributed by atoms with Crippen LogP contribution in [0.1, 0.15) is 29.5 Å². The van der Waals surface area contributed by atoms with Crippen molar-refractivity contribution in [2.24, 2.45) is 0 Å². The molecule has 254 valence electrons. The zero-order chi connectivity index (χ0) is 35.9. The Kier molecular flexibility index (Phi) is 8.45. The molecule has 0 aromatic heterocycles. The highest BCUT2D eigenvalue weighted by Crippen LogP contribution is 2.54. The molecule has 0 nitrogen and oxygen atoms in total. The van der Waals surface area contributed by atoms with Gasteiger partial charge in [0.15, 0.2) is 0 Å². The van der Waals surface area contributed by atoms with Gasteiger partial charge in [-0.25, -0.2) is 0 Å². The number of hydrogen-bond donors (Lipinski definition) is 0. The minimum absolute atomic E-state index is 1.07. The fraction of sp³-hybridized carbons (Fsp3) is 0.0943. The average molecular weight is 679 g/mol. The maximum Gasteiger partial charge on any atom is -0.000753 e. The molecule has 0 saturated carbocycles. The molecule has 53 heavy (non-hydrogen) atoms. The Morgan fingerprint density at radius 2 is 0.849 bits per heavy atom. The molecule has 0 fully saturated rings. The predicted molar refractivity (Wildman–Crippen MR) is 228 cm³/mol. The van der Waals surface area contributed by atoms with Crippen molar-refractivity contribution in [2.45, 2.75) is 33.6 Å². The molecule has 0 aliphatic heterocycles. The van der Waals surface area contributed by atoms with Gasteiger partial charge in [-0.1, -0.05) is 175 Å². The van der Waals surface area contributed by atoms with Crippen LogP contribution >= 0.6 is 0 Å². The molecule has 0 bridgehead atoms. The number of fused-ring (bicyclic) bond motifs is 4. The van der Waals surface area contributed by atoms with E-state index in [9.17, 15) is 0 Å². The highest BCUT2D eigenvalue weighted by molar-refractivity contribution is 6.23. The van der Waals surface area contributed by atoms with E-state index in [1.165, 1.54) is 105 Å². The topological polar surface area (TPSA) is 0 Å². The number of hydrogen-bond acceptors (Lipinski definition) is 0. The average Bonchev–Trinajstić information content (AvgIpc) is 3.53. The molecule has 8 aromatic rings. The van der Waals surface area contributed by atoms with Crippen LogP contribution in [0.4, 0.5) is 0 Å². The summed E-state index contributed by atoms with van der Waals surface area (Å²) >= 11 is 0. The molecular formula is C53H42. The Morgan fingerprint density at radius 3 is 1.43 bits per heavy atom. The van der Waals surface area contributed by atoms with Crippen molar-refractivity contribution in [1.29, 1.82) is 0 Å². The molecule has 2 aliphatic carbocycles. The van der Waals surface area contributed by atoms with E-state index in [2.05, 4.69) is 179 Å². The summed E-state index contributed by atoms with van der Waals surface area (Å²) in [5.74, 6) is 0. The Labute approximate surface area is 313 Å². The quantitative estimate of drug-likeness (QED) is 0.174. The van der Waals surface area contributed by atoms with Gasteiger partial charge in [0.25, 0.3) is 0 Å². The lowest BCUT2D eigenvalue weighted by molar-refractivity contribution is 1.12. The molecule has 0 heteroatoms. The lowest BCUT2D eigenvalue weighted by Crippen LogP contribution is -2.32. The zero-order valence-electron chi connectivity index (χ0n) is 30.7. The Hall–Kier alpha value is -6.24. The van der Waals surface area contributed by atoms with Crippen molar-refractivity contribution in [2.75, 3.05) is 0 Å². The standard InChI is InChI=1S/C46H34.C7H8/c1-29-14-9-10-19-34(29)41-28-33(25-24-30(41)2)35-26-27-40-44-36(35)22-13-23-39(44)45-42(31-15-5-3-6-16-31)37-20-11-12-21-38(37)43(46(40)45)32-17-7-4-8-18-32;1-7-5-3-2-4-6-7/h3-10,13-28H,11-12H2,1-2H3;2-6H,1H3. The number of rotatable bonds is 4. The van der Waals surface area contributed by atoms with Crippen LogP contribution in [-0.4, -0.2) is 0 Å². The second-order valence-electron chi connectivity index (χ2n) is 14.4. The van der Waals surface area contributed by atoms with E-state index in [0.29, 0.717) is 0 Å². The Morgan fingerprint density at radius 1 is 0.340 bits per heavy atom. The van der Waals surface area contributed by atoms with Crippen LogP contribution in [0.25, 0.3) is 89.7 Å². The fourth-order valence-corrected chi connectivity index (χ4v) is 8.58. The molecule has 0 N–H and O–H groups in total. The summed E-state index contributed by atoms with van der Waals surface area (Å²) in [5.41, 5.74) is 19.8. The second kappa shape index (κ2) is 13.7. The normalized spacial score (nSPS) is 12.2. The van der Waals surface area contributed by atoms with Gasteiger partial charge in [0.05, 0.1) is 0 Å². The number of benzene rings is 8. The van der Waals surface area contributed by atoms with E-state index in [0.717, 1.165) is 12.8 Å². The molecular weight excluding hydrogens is 637 g/mol. The van der Waals surface area contributed by atoms with E-state index < -0.39 is 0 Å². The highest BCUT2D eigenvalue weighted by atomic mass is 14.3. The molecule has 10 rings (SSSR count). The summed E-state index contributed by atoms with van der Waals surface area (Å²) in [5, 5.41) is 5.43. The van der Waals surface area contributed by atoms with Crippen LogP contribution in [-0.2, 0) is 0 Å². The molecule has 0 unspecified atom stereocenters. The fourth-order valence-electron chi connectivity index (χ4n) is 8.58. The van der Waals surface area contributed by atoms with E-state index in [4.69, 9.17) is 0 Å². The van der Waals surface area contributed by atoms with Gasteiger partial charge in [-0.3, -0.25) is 0 Å². The summed E-state index contributed by atoms with van der Waals surface area (Å²) in [7, 11) is 0. The van der Waals surface area contributed by atoms with Crippen molar-refractivity contribution in [3.63, 3.8) is 0 Å². The first-order valence-corrected chi connectivity index (χ1v) is 18.8. The third kappa shape index (κ3) is 5.72. The van der Waals surface area contributed by atoms with Crippen molar-refractivity contribution in [3.05, 3.63) is 191 Å². The van der Waals surface area contributed by atoms with Gasteiger partial charge in [0.2, 0.25) is 0 Å². The lowest BCUT2D eigenvalue weighted by Gasteiger charge is -2.20. The Bertz CT molecular complexity index is 2680. The van der Waals surface area contributed by atoms with Crippen molar-refractivity contribution in [3.8, 4) is 66.8 Å². The monoisotopic (exact) mass is 678 g/mol. The molecule has 8 aromatic carbocycles. The minimum Gasteiger partial charge on any atom is -0.0757 e. The first-order valence-electron chi connectivity index (χ1n) is 18.8. The Balaban J connectivity index is 0.000000480. The first kappa shape index (κ1) is 32.7. The van der Waals surface area contributed by atoms with Crippen LogP contribution in [0, 0.1) is 20.8 Å². The van der Waals surface area contributed by atoms with E-state index in [1.807, 2.05) is 18.2 Å². The van der Waals surface area contributed by atoms with Crippen LogP contribution in [0.2, 0.25) is 0 Å². The van der Waals surface area contributed by atoms with Gasteiger partial charge in [-0.2, -0.15) is 0 Å². The zero-order valence-corrected chi connectivity index (χ0v) is 30.7. The molecule has 0 amide bonds. The van der Waals surface area contributed by atoms with Crippen molar-refractivity contribution < 1.29 is 0 Å². The maximum atomic E-state index is 2.48. The van der Waals surface area contributed by atoms with Crippen LogP contribution < -0.4 is 10.4 Å². The van der Waals surface area contributed by atoms with E-state index in [1.54, 1.807) is 0 Å². The molecule has 0 saturated heterocycles. The molecule has 0 spiro atoms. The summed E-state index contributed by atoms with van der Waals surface area (Å²) < 4.78 is 0. The maximum absolute atomic E-state index is 2.48. The lowest BCUT2D eigenvalue weighted by atomic mass is 9.83. The molecule has 2 aliphatic rings. The van der Waals surface area contributed by atoms with Crippen LogP contribution in [0.5, 0.6) is 0 Å². The molecule has 0 heterocycles. The molecule has 0 atom stereocenters. The SMILES string of the molecule is Cc1ccccc1.Cc1ccccc1-c1cc(-c2ccc3c4c(cccc24)-c2c-3c(-c3ccccc3)c3c(c2-c2ccccc2)=CCCC=3)ccc1C. The van der Waals surface area contributed by atoms with Gasteiger partial charge in [0, 0.05) is 0 Å². The second-order valence-corrected chi connectivity index (χ2v) is 14.4. The summed E-state index contributed by atoms with van der Waals surface area (Å²) in [6.45, 7) is 6.52. The van der Waals surface area contributed by atoms with Gasteiger partial charge in [-0.15, -0.1) is 0 Å². The van der Waals surface area contributed by atoms with Crippen LogP contribution in [0.3, 0.4) is 0 Å². The van der Waals surface area contributed by atoms with Gasteiger partial charge in [0.1, 0.15) is 0 Å². The van der Waals surface area contributed by atoms with Gasteiger partial charge in [-0.05, 0) is 139 Å². The molecule has 0 radical (unpaired) electrons. The van der Waals surface area contributed by atoms with Crippen molar-refractivity contribution in [1.82, 2.24) is 0 Å². The smallest absolute Gasteiger partial charge is 0.000753 e. The summed E-state index contributed by atoms with van der Waals surface area (Å²) in [6, 6.07) is 59.8. The summed E-state index contributed by atoms with van der Waals surface area (Å²) in [6.07, 6.45) is 7.10. The van der Waals surface area contributed by atoms with E-state index >= 15 is 0 Å². The first-order chi connectivity index (χ1) is 26.1. The summed E-state index contributed by atoms with van der Waals surface area (Å²) in [4.78, 5) is 0. The van der Waals surface area contributed by atoms with Gasteiger partial charge < -0.3 is 0 Å². The van der Waals surface area contributed by atoms with E-state index in [-0.39, 0.29) is 0 Å². The van der Waals surface area contributed by atoms with Gasteiger partial charge >= 0.3 is 0 Å². The number of aryl methyl sites for hydroxylation is 3. The third-order valence-electron chi connectivity index (χ3n) is 11.1. The van der Waals surface area contributed by atoms with Crippen LogP contribution in [0.15, 0.2) is 164 Å². The van der Waals surface area contributed by atoms with Crippen molar-refractivity contribution >= 4 is 22.9 Å². The third-order valence-corrected chi connectivity index (χ3v) is 11.1. The predicted octanol–water partition coefficient (Wildman–Crippen LogP) is 13.1. The highest BCUT2D eigenvalue weighted by Gasteiger charge is 2.30.